The van der Waals surface area contributed by atoms with Crippen molar-refractivity contribution in [2.75, 3.05) is 7.05 Å². The topological polar surface area (TPSA) is 91.8 Å². The number of nitrogens with zero attached hydrogens (tertiary/aromatic N) is 4. The molecule has 0 radical (unpaired) electrons. The number of H-pyrrole nitrogens is 1. The third-order valence-corrected chi connectivity index (χ3v) is 4.94. The zero-order valence-electron chi connectivity index (χ0n) is 10.6. The van der Waals surface area contributed by atoms with Crippen LogP contribution in [0.25, 0.3) is 0 Å². The predicted octanol–water partition coefficient (Wildman–Crippen LogP) is 1.64. The molecule has 0 aliphatic carbocycles. The fourth-order valence-electron chi connectivity index (χ4n) is 1.47. The highest BCUT2D eigenvalue weighted by Crippen LogP contribution is 2.24. The van der Waals surface area contributed by atoms with Crippen molar-refractivity contribution < 1.29 is 8.42 Å². The van der Waals surface area contributed by atoms with Gasteiger partial charge < -0.3 is 0 Å². The van der Waals surface area contributed by atoms with E-state index in [0.29, 0.717) is 11.6 Å². The molecule has 0 unspecified atom stereocenters. The highest BCUT2D eigenvalue weighted by molar-refractivity contribution is 7.89. The summed E-state index contributed by atoms with van der Waals surface area (Å²) in [4.78, 5) is 7.74. The van der Waals surface area contributed by atoms with Crippen LogP contribution in [-0.2, 0) is 16.6 Å². The minimum Gasteiger partial charge on any atom is -0.263 e. The van der Waals surface area contributed by atoms with Crippen LogP contribution in [0.15, 0.2) is 17.2 Å². The fourth-order valence-corrected chi connectivity index (χ4v) is 2.90. The Labute approximate surface area is 126 Å². The summed E-state index contributed by atoms with van der Waals surface area (Å²) in [6.07, 6.45) is 1.16. The third-order valence-electron chi connectivity index (χ3n) is 2.49. The predicted molar refractivity (Wildman–Crippen MR) is 74.0 cm³/mol. The molecule has 0 saturated heterocycles. The zero-order valence-corrected chi connectivity index (χ0v) is 13.0. The van der Waals surface area contributed by atoms with Crippen LogP contribution < -0.4 is 0 Å². The van der Waals surface area contributed by atoms with Crippen LogP contribution in [0.3, 0.4) is 0 Å². The summed E-state index contributed by atoms with van der Waals surface area (Å²) in [5.74, 6) is 0.989. The van der Waals surface area contributed by atoms with Gasteiger partial charge >= 0.3 is 0 Å². The smallest absolute Gasteiger partial charge is 0.244 e. The Hall–Kier alpha value is -1.22. The normalized spacial score (nSPS) is 12.1. The summed E-state index contributed by atoms with van der Waals surface area (Å²) in [5.41, 5.74) is 0. The first-order chi connectivity index (χ1) is 9.30. The Morgan fingerprint density at radius 2 is 2.10 bits per heavy atom. The van der Waals surface area contributed by atoms with Gasteiger partial charge in [-0.05, 0) is 13.0 Å². The van der Waals surface area contributed by atoms with Crippen molar-refractivity contribution in [3.8, 4) is 0 Å². The first-order valence-electron chi connectivity index (χ1n) is 5.46. The van der Waals surface area contributed by atoms with E-state index in [0.717, 1.165) is 10.5 Å². The van der Waals surface area contributed by atoms with Gasteiger partial charge in [0.1, 0.15) is 15.9 Å². The van der Waals surface area contributed by atoms with Crippen LogP contribution in [0, 0.1) is 6.92 Å². The highest BCUT2D eigenvalue weighted by atomic mass is 35.5. The molecule has 2 rings (SSSR count). The quantitative estimate of drug-likeness (QED) is 0.857. The number of sulfonamides is 1. The number of aromatic amines is 1. The molecule has 0 bridgehead atoms. The maximum atomic E-state index is 12.3. The van der Waals surface area contributed by atoms with Gasteiger partial charge in [0.25, 0.3) is 0 Å². The molecule has 7 nitrogen and oxygen atoms in total. The number of aromatic nitrogens is 4. The molecule has 0 aliphatic heterocycles. The molecule has 2 aromatic heterocycles. The SMILES string of the molecule is Cc1nc(CN(C)S(=O)(=O)c2cnc(Cl)c(Cl)c2)n[nH]1. The molecule has 0 aromatic carbocycles. The van der Waals surface area contributed by atoms with Crippen molar-refractivity contribution >= 4 is 33.2 Å². The zero-order chi connectivity index (χ0) is 14.9. The summed E-state index contributed by atoms with van der Waals surface area (Å²) >= 11 is 11.4. The lowest BCUT2D eigenvalue weighted by Crippen LogP contribution is -2.27. The number of nitrogens with one attached hydrogen (secondary N) is 1. The van der Waals surface area contributed by atoms with Crippen LogP contribution in [-0.4, -0.2) is 39.9 Å². The van der Waals surface area contributed by atoms with Gasteiger partial charge in [0.2, 0.25) is 10.0 Å². The van der Waals surface area contributed by atoms with Crippen LogP contribution >= 0.6 is 23.2 Å². The molecule has 1 N–H and O–H groups in total. The van der Waals surface area contributed by atoms with Crippen molar-refractivity contribution in [1.29, 1.82) is 0 Å². The Morgan fingerprint density at radius 3 is 2.65 bits per heavy atom. The van der Waals surface area contributed by atoms with Gasteiger partial charge in [-0.1, -0.05) is 23.2 Å². The molecule has 20 heavy (non-hydrogen) atoms. The Kier molecular flexibility index (Phi) is 4.28. The number of hydrogen-bond donors (Lipinski definition) is 1. The van der Waals surface area contributed by atoms with Gasteiger partial charge in [-0.2, -0.15) is 9.40 Å². The van der Waals surface area contributed by atoms with Gasteiger partial charge in [0.15, 0.2) is 5.82 Å². The van der Waals surface area contributed by atoms with E-state index in [1.807, 2.05) is 0 Å². The molecule has 2 heterocycles. The van der Waals surface area contributed by atoms with Crippen LogP contribution in [0.4, 0.5) is 0 Å². The highest BCUT2D eigenvalue weighted by Gasteiger charge is 2.23. The largest absolute Gasteiger partial charge is 0.263 e. The van der Waals surface area contributed by atoms with E-state index in [-0.39, 0.29) is 21.6 Å². The molecule has 108 valence electrons. The van der Waals surface area contributed by atoms with Gasteiger partial charge in [-0.15, -0.1) is 0 Å². The molecule has 0 fully saturated rings. The second-order valence-electron chi connectivity index (χ2n) is 4.04. The monoisotopic (exact) mass is 335 g/mol. The average Bonchev–Trinajstić information content (AvgIpc) is 2.78. The molecule has 0 saturated carbocycles. The van der Waals surface area contributed by atoms with E-state index in [4.69, 9.17) is 23.2 Å². The van der Waals surface area contributed by atoms with Gasteiger partial charge in [0, 0.05) is 13.2 Å². The third kappa shape index (κ3) is 3.09. The van der Waals surface area contributed by atoms with Crippen molar-refractivity contribution in [3.05, 3.63) is 34.1 Å². The van der Waals surface area contributed by atoms with Crippen LogP contribution in [0.5, 0.6) is 0 Å². The second-order valence-corrected chi connectivity index (χ2v) is 6.85. The Balaban J connectivity index is 2.27. The molecule has 10 heteroatoms. The minimum absolute atomic E-state index is 0.0346. The van der Waals surface area contributed by atoms with E-state index in [1.165, 1.54) is 13.1 Å². The maximum Gasteiger partial charge on any atom is 0.244 e. The molecule has 0 atom stereocenters. The van der Waals surface area contributed by atoms with E-state index in [9.17, 15) is 8.42 Å². The Morgan fingerprint density at radius 1 is 1.40 bits per heavy atom. The molecule has 0 aliphatic rings. The summed E-state index contributed by atoms with van der Waals surface area (Å²) in [6.45, 7) is 1.76. The van der Waals surface area contributed by atoms with Crippen LogP contribution in [0.2, 0.25) is 10.2 Å². The van der Waals surface area contributed by atoms with E-state index < -0.39 is 10.0 Å². The standard InChI is InChI=1S/C10H11Cl2N5O2S/c1-6-14-9(16-15-6)5-17(2)20(18,19)7-3-8(11)10(12)13-4-7/h3-4H,5H2,1-2H3,(H,14,15,16). The molecule has 0 amide bonds. The first-order valence-corrected chi connectivity index (χ1v) is 7.65. The second kappa shape index (κ2) is 5.65. The molecule has 0 spiro atoms. The van der Waals surface area contributed by atoms with Gasteiger partial charge in [0.05, 0.1) is 11.6 Å². The first kappa shape index (κ1) is 15.2. The Bertz CT molecular complexity index is 731. The van der Waals surface area contributed by atoms with Crippen molar-refractivity contribution in [3.63, 3.8) is 0 Å². The number of hydrogen-bond acceptors (Lipinski definition) is 5. The number of halogens is 2. The molecular weight excluding hydrogens is 325 g/mol. The van der Waals surface area contributed by atoms with E-state index in [1.54, 1.807) is 6.92 Å². The maximum absolute atomic E-state index is 12.3. The minimum atomic E-state index is -3.73. The van der Waals surface area contributed by atoms with Crippen LogP contribution in [0.1, 0.15) is 11.6 Å². The molecular formula is C10H11Cl2N5O2S. The summed E-state index contributed by atoms with van der Waals surface area (Å²) in [7, 11) is -2.31. The lowest BCUT2D eigenvalue weighted by molar-refractivity contribution is 0.457. The lowest BCUT2D eigenvalue weighted by Gasteiger charge is -2.15. The number of pyridine rings is 1. The van der Waals surface area contributed by atoms with Crippen molar-refractivity contribution in [2.45, 2.75) is 18.4 Å². The molecule has 2 aromatic rings. The number of rotatable bonds is 4. The average molecular weight is 336 g/mol. The van der Waals surface area contributed by atoms with Crippen molar-refractivity contribution in [1.82, 2.24) is 24.5 Å². The summed E-state index contributed by atoms with van der Waals surface area (Å²) < 4.78 is 25.8. The lowest BCUT2D eigenvalue weighted by atomic mass is 10.5. The fraction of sp³-hybridized carbons (Fsp3) is 0.300. The van der Waals surface area contributed by atoms with Gasteiger partial charge in [-0.25, -0.2) is 18.4 Å². The van der Waals surface area contributed by atoms with Crippen molar-refractivity contribution in [2.24, 2.45) is 0 Å². The van der Waals surface area contributed by atoms with E-state index in [2.05, 4.69) is 20.2 Å². The summed E-state index contributed by atoms with van der Waals surface area (Å²) in [5, 5.41) is 6.67. The summed E-state index contributed by atoms with van der Waals surface area (Å²) in [6, 6.07) is 1.26. The van der Waals surface area contributed by atoms with Gasteiger partial charge in [-0.3, -0.25) is 5.10 Å². The number of aryl methyl sites for hydroxylation is 1. The van der Waals surface area contributed by atoms with E-state index >= 15 is 0 Å².